The topological polar surface area (TPSA) is 0 Å². The molecule has 0 heterocycles. The lowest BCUT2D eigenvalue weighted by atomic mass is 9.81. The van der Waals surface area contributed by atoms with Gasteiger partial charge in [-0.25, -0.2) is 0 Å². The highest BCUT2D eigenvalue weighted by atomic mass is 14.4. The molecule has 0 unspecified atom stereocenters. The van der Waals surface area contributed by atoms with Gasteiger partial charge in [0.1, 0.15) is 0 Å². The fourth-order valence-electron chi connectivity index (χ4n) is 18.6. The van der Waals surface area contributed by atoms with Gasteiger partial charge in [0.2, 0.25) is 0 Å². The van der Waals surface area contributed by atoms with Crippen molar-refractivity contribution in [2.45, 2.75) is 38.4 Å². The molecule has 0 bridgehead atoms. The van der Waals surface area contributed by atoms with Crippen LogP contribution in [0.1, 0.15) is 71.7 Å². The van der Waals surface area contributed by atoms with Crippen molar-refractivity contribution in [1.29, 1.82) is 0 Å². The first-order valence-electron chi connectivity index (χ1n) is 44.2. The van der Waals surface area contributed by atoms with Gasteiger partial charge < -0.3 is 0 Å². The SMILES string of the molecule is [2H]c1c(-c2ccc3c(c2)C(C)(C)c2ccccc2-3)c([2H])c(-c2ccc3ccc4cccc5ccc2c3c45)c([2H])c1-c1ccc2ccc3cccc4ccc1c2c34.[2H]c1c([2H])c([2H])c2c(c1[2H])-c1c([2H])c([2H])c(-c3cc(-c4ccc5ccc6cccc7ccc4c5c67)cc(-c4ccc5ccc6cccc7ccc4c5c67)c3)c([2H])c1C2(C([2H])([2H])[2H])C([2H])([2H])[2H]. The Labute approximate surface area is 637 Å². The summed E-state index contributed by atoms with van der Waals surface area (Å²) in [6.45, 7) is -2.50. The molecule has 22 aromatic rings. The number of benzene rings is 22. The first-order valence-corrected chi connectivity index (χ1v) is 36.2. The highest BCUT2D eigenvalue weighted by Crippen LogP contribution is 2.54. The summed E-state index contributed by atoms with van der Waals surface area (Å²) >= 11 is 0. The number of hydrogen-bond acceptors (Lipinski definition) is 0. The van der Waals surface area contributed by atoms with Crippen LogP contribution in [0.25, 0.3) is 218 Å². The maximum Gasteiger partial charge on any atom is 0.0636 e. The lowest BCUT2D eigenvalue weighted by Crippen LogP contribution is -2.14. The Morgan fingerprint density at radius 2 is 0.566 bits per heavy atom. The van der Waals surface area contributed by atoms with Gasteiger partial charge >= 0.3 is 0 Å². The summed E-state index contributed by atoms with van der Waals surface area (Å²) in [7, 11) is 0. The van der Waals surface area contributed by atoms with Crippen molar-refractivity contribution >= 4 is 129 Å². The molecule has 24 rings (SSSR count). The van der Waals surface area contributed by atoms with E-state index in [1.54, 1.807) is 12.1 Å². The van der Waals surface area contributed by atoms with Gasteiger partial charge in [0.05, 0.1) is 13.7 Å². The highest BCUT2D eigenvalue weighted by molar-refractivity contribution is 6.30. The van der Waals surface area contributed by atoms with Crippen LogP contribution in [-0.4, -0.2) is 0 Å². The first kappa shape index (κ1) is 45.9. The predicted octanol–water partition coefficient (Wildman–Crippen LogP) is 29.6. The van der Waals surface area contributed by atoms with Crippen LogP contribution in [-0.2, 0) is 10.8 Å². The summed E-state index contributed by atoms with van der Waals surface area (Å²) in [5, 5.41) is 26.3. The second kappa shape index (κ2) is 21.8. The third-order valence-electron chi connectivity index (χ3n) is 23.6. The largest absolute Gasteiger partial charge is 0.0636 e. The minimum Gasteiger partial charge on any atom is -0.0619 e. The van der Waals surface area contributed by atoms with Crippen LogP contribution in [0.15, 0.2) is 339 Å². The first-order chi connectivity index (χ1) is 58.7. The molecular formula is C106H68. The Morgan fingerprint density at radius 3 is 1.02 bits per heavy atom. The maximum absolute atomic E-state index is 10.2. The summed E-state index contributed by atoms with van der Waals surface area (Å²) in [5.41, 5.74) is 6.50. The Balaban J connectivity index is 0.000000143. The summed E-state index contributed by atoms with van der Waals surface area (Å²) in [6.07, 6.45) is 0. The molecule has 0 amide bonds. The molecular weight excluding hydrogens is 1270 g/mol. The van der Waals surface area contributed by atoms with Crippen molar-refractivity contribution in [3.63, 3.8) is 0 Å². The number of rotatable bonds is 6. The molecule has 2 aliphatic carbocycles. The van der Waals surface area contributed by atoms with E-state index in [1.807, 2.05) is 24.3 Å². The van der Waals surface area contributed by atoms with Crippen LogP contribution in [0, 0.1) is 0 Å². The van der Waals surface area contributed by atoms with Crippen molar-refractivity contribution < 1.29 is 21.9 Å². The average Bonchev–Trinajstić information content (AvgIpc) is 1.49. The molecule has 2 aliphatic rings. The number of hydrogen-bond donors (Lipinski definition) is 0. The zero-order chi connectivity index (χ0) is 83.7. The quantitative estimate of drug-likeness (QED) is 0.146. The van der Waals surface area contributed by atoms with E-state index in [9.17, 15) is 8.22 Å². The van der Waals surface area contributed by atoms with E-state index >= 15 is 0 Å². The lowest BCUT2D eigenvalue weighted by Gasteiger charge is -2.22. The molecule has 22 aromatic carbocycles. The molecule has 0 saturated heterocycles. The van der Waals surface area contributed by atoms with Gasteiger partial charge in [0.15, 0.2) is 0 Å². The Kier molecular flexibility index (Phi) is 9.43. The second-order valence-electron chi connectivity index (χ2n) is 29.6. The normalized spacial score (nSPS) is 16.0. The third kappa shape index (κ3) is 8.47. The molecule has 0 fully saturated rings. The summed E-state index contributed by atoms with van der Waals surface area (Å²) in [6, 6.07) is 92.4. The van der Waals surface area contributed by atoms with Crippen LogP contribution in [0.3, 0.4) is 0 Å². The fraction of sp³-hybridized carbons (Fsp3) is 0.0566. The Bertz CT molecular complexity index is 7980. The van der Waals surface area contributed by atoms with Crippen molar-refractivity contribution in [2.75, 3.05) is 0 Å². The summed E-state index contributed by atoms with van der Waals surface area (Å²) < 4.78 is 148. The minimum atomic E-state index is -3.52. The van der Waals surface area contributed by atoms with E-state index in [-0.39, 0.29) is 34.7 Å². The fourth-order valence-corrected chi connectivity index (χ4v) is 18.6. The molecule has 492 valence electrons. The van der Waals surface area contributed by atoms with Gasteiger partial charge in [-0.15, -0.1) is 0 Å². The predicted molar refractivity (Wildman–Crippen MR) is 455 cm³/mol. The van der Waals surface area contributed by atoms with E-state index < -0.39 is 83.7 Å². The van der Waals surface area contributed by atoms with Crippen LogP contribution < -0.4 is 0 Å². The van der Waals surface area contributed by atoms with Gasteiger partial charge in [-0.05, 0) is 289 Å². The molecule has 0 spiro atoms. The van der Waals surface area contributed by atoms with Gasteiger partial charge in [-0.1, -0.05) is 319 Å². The monoisotopic (exact) mass is 1360 g/mol. The van der Waals surface area contributed by atoms with E-state index in [4.69, 9.17) is 13.7 Å². The van der Waals surface area contributed by atoms with E-state index in [0.717, 1.165) is 125 Å². The maximum atomic E-state index is 10.2. The molecule has 0 radical (unpaired) electrons. The molecule has 0 aliphatic heterocycles. The molecule has 0 atom stereocenters. The van der Waals surface area contributed by atoms with Crippen molar-refractivity contribution in [1.82, 2.24) is 0 Å². The van der Waals surface area contributed by atoms with Crippen molar-refractivity contribution in [3.05, 3.63) is 362 Å². The van der Waals surface area contributed by atoms with Crippen LogP contribution >= 0.6 is 0 Å². The average molecular weight is 1360 g/mol. The van der Waals surface area contributed by atoms with Gasteiger partial charge in [-0.3, -0.25) is 0 Å². The third-order valence-corrected chi connectivity index (χ3v) is 23.6. The smallest absolute Gasteiger partial charge is 0.0619 e. The van der Waals surface area contributed by atoms with Crippen molar-refractivity contribution in [3.8, 4) is 89.0 Å². The van der Waals surface area contributed by atoms with Crippen LogP contribution in [0.2, 0.25) is 0 Å². The van der Waals surface area contributed by atoms with Crippen LogP contribution in [0.4, 0.5) is 0 Å². The Hall–Kier alpha value is -13.0. The minimum absolute atomic E-state index is 0.196. The van der Waals surface area contributed by atoms with E-state index in [2.05, 4.69) is 257 Å². The second-order valence-corrected chi connectivity index (χ2v) is 29.6. The Morgan fingerprint density at radius 1 is 0.208 bits per heavy atom. The summed E-state index contributed by atoms with van der Waals surface area (Å²) in [4.78, 5) is 0. The molecule has 0 heteroatoms. The van der Waals surface area contributed by atoms with Gasteiger partial charge in [-0.2, -0.15) is 0 Å². The van der Waals surface area contributed by atoms with Crippen LogP contribution in [0.5, 0.6) is 0 Å². The zero-order valence-corrected chi connectivity index (χ0v) is 57.6. The lowest BCUT2D eigenvalue weighted by molar-refractivity contribution is 0.660. The van der Waals surface area contributed by atoms with E-state index in [1.165, 1.54) is 54.6 Å². The summed E-state index contributed by atoms with van der Waals surface area (Å²) in [5.74, 6) is 0. The molecule has 0 aromatic heterocycles. The molecule has 0 N–H and O–H groups in total. The zero-order valence-electron chi connectivity index (χ0n) is 73.6. The molecule has 0 nitrogen and oxygen atoms in total. The molecule has 106 heavy (non-hydrogen) atoms. The van der Waals surface area contributed by atoms with Gasteiger partial charge in [0, 0.05) is 19.1 Å². The number of fused-ring (bicyclic) bond motifs is 6. The highest BCUT2D eigenvalue weighted by Gasteiger charge is 2.37. The standard InChI is InChI=1S/2C53H34/c2*1-53(2)47-12-4-3-11-43(47)44-24-21-37(30-48(44)53)38-27-39(41-22-17-35-15-13-31-7-5-9-33-19-25-45(41)51(35)49(31)33)29-40(28-38)42-23-18-36-16-14-32-8-6-10-34-20-26-46(42)52(36)50(32)34/h2*3-30H,1-2H3/i1D3,2D3,3D,4D,11D,12D,21D,24D,30D;27D,28D,29D. The van der Waals surface area contributed by atoms with Crippen molar-refractivity contribution in [2.24, 2.45) is 0 Å². The van der Waals surface area contributed by atoms with E-state index in [0.29, 0.717) is 27.8 Å². The van der Waals surface area contributed by atoms with Gasteiger partial charge in [0.25, 0.3) is 0 Å². The molecule has 0 saturated carbocycles.